The van der Waals surface area contributed by atoms with Crippen molar-refractivity contribution in [3.05, 3.63) is 59.9 Å². The lowest BCUT2D eigenvalue weighted by atomic mass is 10.0. The summed E-state index contributed by atoms with van der Waals surface area (Å²) in [4.78, 5) is 16.2. The molecule has 0 saturated heterocycles. The first-order valence-corrected chi connectivity index (χ1v) is 8.36. The Balaban J connectivity index is 1.79. The van der Waals surface area contributed by atoms with E-state index in [1.54, 1.807) is 12.1 Å². The quantitative estimate of drug-likeness (QED) is 0.605. The summed E-state index contributed by atoms with van der Waals surface area (Å²) in [5.74, 6) is 1.16. The number of halogens is 3. The van der Waals surface area contributed by atoms with Crippen LogP contribution in [0.2, 0.25) is 0 Å². The molecule has 0 bridgehead atoms. The number of ketones is 1. The molecule has 0 radical (unpaired) electrons. The van der Waals surface area contributed by atoms with E-state index in [9.17, 15) is 18.0 Å². The maximum Gasteiger partial charge on any atom is 0.416 e. The van der Waals surface area contributed by atoms with Crippen LogP contribution in [-0.4, -0.2) is 21.9 Å². The van der Waals surface area contributed by atoms with Crippen LogP contribution in [0.1, 0.15) is 23.0 Å². The maximum absolute atomic E-state index is 12.8. The van der Waals surface area contributed by atoms with Gasteiger partial charge in [0, 0.05) is 6.92 Å². The first kappa shape index (κ1) is 17.3. The minimum Gasteiger partial charge on any atom is -0.491 e. The third kappa shape index (κ3) is 3.09. The lowest BCUT2D eigenvalue weighted by molar-refractivity contribution is -0.137. The molecule has 27 heavy (non-hydrogen) atoms. The largest absolute Gasteiger partial charge is 0.491 e. The number of alkyl halides is 3. The normalized spacial score (nSPS) is 13.3. The number of benzene rings is 2. The minimum atomic E-state index is -4.37. The Morgan fingerprint density at radius 2 is 1.81 bits per heavy atom. The summed E-state index contributed by atoms with van der Waals surface area (Å²) in [7, 11) is 0. The highest BCUT2D eigenvalue weighted by Crippen LogP contribution is 2.37. The predicted octanol–water partition coefficient (Wildman–Crippen LogP) is 4.83. The lowest BCUT2D eigenvalue weighted by Gasteiger charge is -2.11. The summed E-state index contributed by atoms with van der Waals surface area (Å²) in [6.45, 7) is 2.38. The number of Topliss-reactive ketones (excluding diaryl/α,β-unsaturated/α-hetero) is 1. The maximum atomic E-state index is 12.8. The van der Waals surface area contributed by atoms with Crippen molar-refractivity contribution in [2.75, 3.05) is 6.61 Å². The number of fused-ring (bicyclic) bond motifs is 3. The van der Waals surface area contributed by atoms with Crippen LogP contribution >= 0.6 is 0 Å². The van der Waals surface area contributed by atoms with Crippen LogP contribution in [0.4, 0.5) is 13.2 Å². The molecule has 4 rings (SSSR count). The Bertz CT molecular complexity index is 1020. The second-order valence-corrected chi connectivity index (χ2v) is 6.31. The summed E-state index contributed by atoms with van der Waals surface area (Å²) in [5.41, 5.74) is 1.91. The molecule has 1 aromatic heterocycles. The number of hydrogen-bond acceptors (Lipinski definition) is 3. The number of carbonyl (C=O) groups is 1. The second-order valence-electron chi connectivity index (χ2n) is 6.31. The fourth-order valence-corrected chi connectivity index (χ4v) is 3.21. The number of nitrogens with zero attached hydrogens (tertiary/aromatic N) is 2. The van der Waals surface area contributed by atoms with Crippen molar-refractivity contribution in [2.45, 2.75) is 19.6 Å². The summed E-state index contributed by atoms with van der Waals surface area (Å²) in [6, 6.07) is 10.4. The van der Waals surface area contributed by atoms with Crippen molar-refractivity contribution < 1.29 is 22.7 Å². The standard InChI is InChI=1S/C20H15F3N2O2/c1-12(26)17-11-24-19-16-10-14(4-7-18(16)27-9-8-25(17)19)13-2-5-15(6-3-13)20(21,22)23/h2-7,10-11H,8-9H2,1H3. The average Bonchev–Trinajstić information content (AvgIpc) is 2.97. The zero-order valence-electron chi connectivity index (χ0n) is 14.4. The number of carbonyl (C=O) groups excluding carboxylic acids is 1. The molecule has 4 nitrogen and oxygen atoms in total. The van der Waals surface area contributed by atoms with E-state index < -0.39 is 11.7 Å². The lowest BCUT2D eigenvalue weighted by Crippen LogP contribution is -2.11. The molecule has 0 atom stereocenters. The molecular formula is C20H15F3N2O2. The third-order valence-corrected chi connectivity index (χ3v) is 4.55. The van der Waals surface area contributed by atoms with E-state index in [0.29, 0.717) is 41.5 Å². The minimum absolute atomic E-state index is 0.0869. The summed E-state index contributed by atoms with van der Waals surface area (Å²) in [5, 5.41) is 0. The van der Waals surface area contributed by atoms with Gasteiger partial charge in [0.05, 0.1) is 23.9 Å². The molecule has 0 N–H and O–H groups in total. The van der Waals surface area contributed by atoms with Gasteiger partial charge in [-0.25, -0.2) is 4.98 Å². The van der Waals surface area contributed by atoms with Crippen LogP contribution in [0.25, 0.3) is 22.5 Å². The smallest absolute Gasteiger partial charge is 0.416 e. The molecule has 0 amide bonds. The van der Waals surface area contributed by atoms with Gasteiger partial charge in [0.25, 0.3) is 0 Å². The van der Waals surface area contributed by atoms with E-state index in [2.05, 4.69) is 4.98 Å². The van der Waals surface area contributed by atoms with Crippen LogP contribution in [0.5, 0.6) is 5.75 Å². The molecule has 1 aliphatic heterocycles. The first-order valence-electron chi connectivity index (χ1n) is 8.36. The summed E-state index contributed by atoms with van der Waals surface area (Å²) < 4.78 is 45.9. The van der Waals surface area contributed by atoms with Gasteiger partial charge < -0.3 is 9.30 Å². The Hall–Kier alpha value is -3.09. The van der Waals surface area contributed by atoms with E-state index in [1.165, 1.54) is 25.3 Å². The number of aromatic nitrogens is 2. The van der Waals surface area contributed by atoms with E-state index >= 15 is 0 Å². The molecule has 7 heteroatoms. The Morgan fingerprint density at radius 1 is 1.11 bits per heavy atom. The van der Waals surface area contributed by atoms with E-state index in [-0.39, 0.29) is 5.78 Å². The van der Waals surface area contributed by atoms with Crippen molar-refractivity contribution in [3.63, 3.8) is 0 Å². The zero-order chi connectivity index (χ0) is 19.2. The van der Waals surface area contributed by atoms with Crippen molar-refractivity contribution in [3.8, 4) is 28.3 Å². The van der Waals surface area contributed by atoms with E-state index in [1.807, 2.05) is 10.6 Å². The topological polar surface area (TPSA) is 44.1 Å². The molecule has 0 unspecified atom stereocenters. The van der Waals surface area contributed by atoms with Crippen LogP contribution in [0.15, 0.2) is 48.7 Å². The van der Waals surface area contributed by atoms with Crippen molar-refractivity contribution >= 4 is 5.78 Å². The predicted molar refractivity (Wildman–Crippen MR) is 93.6 cm³/mol. The molecule has 0 aliphatic carbocycles. The SMILES string of the molecule is CC(=O)c1cnc2n1CCOc1ccc(-c3ccc(C(F)(F)F)cc3)cc1-2. The highest BCUT2D eigenvalue weighted by molar-refractivity contribution is 5.93. The highest BCUT2D eigenvalue weighted by atomic mass is 19.4. The van der Waals surface area contributed by atoms with Gasteiger partial charge >= 0.3 is 6.18 Å². The molecule has 3 aromatic rings. The molecule has 2 heterocycles. The summed E-state index contributed by atoms with van der Waals surface area (Å²) in [6.07, 6.45) is -2.83. The fourth-order valence-electron chi connectivity index (χ4n) is 3.21. The van der Waals surface area contributed by atoms with Gasteiger partial charge in [-0.2, -0.15) is 13.2 Å². The van der Waals surface area contributed by atoms with Gasteiger partial charge in [-0.05, 0) is 35.4 Å². The molecule has 0 fully saturated rings. The first-order chi connectivity index (χ1) is 12.8. The number of ether oxygens (including phenoxy) is 1. The Labute approximate surface area is 153 Å². The number of hydrogen-bond donors (Lipinski definition) is 0. The molecule has 138 valence electrons. The van der Waals surface area contributed by atoms with Gasteiger partial charge in [0.2, 0.25) is 0 Å². The molecule has 2 aromatic carbocycles. The Morgan fingerprint density at radius 3 is 2.48 bits per heavy atom. The van der Waals surface area contributed by atoms with E-state index in [4.69, 9.17) is 4.74 Å². The third-order valence-electron chi connectivity index (χ3n) is 4.55. The van der Waals surface area contributed by atoms with Gasteiger partial charge in [0.1, 0.15) is 23.9 Å². The molecule has 0 saturated carbocycles. The molecule has 0 spiro atoms. The molecule has 1 aliphatic rings. The fraction of sp³-hybridized carbons (Fsp3) is 0.200. The van der Waals surface area contributed by atoms with Crippen LogP contribution < -0.4 is 4.74 Å². The molecular weight excluding hydrogens is 357 g/mol. The highest BCUT2D eigenvalue weighted by Gasteiger charge is 2.30. The van der Waals surface area contributed by atoms with Crippen molar-refractivity contribution in [1.82, 2.24) is 9.55 Å². The number of rotatable bonds is 2. The number of imidazole rings is 1. The van der Waals surface area contributed by atoms with Gasteiger partial charge in [-0.1, -0.05) is 18.2 Å². The van der Waals surface area contributed by atoms with Crippen molar-refractivity contribution in [2.24, 2.45) is 0 Å². The van der Waals surface area contributed by atoms with Crippen molar-refractivity contribution in [1.29, 1.82) is 0 Å². The van der Waals surface area contributed by atoms with E-state index in [0.717, 1.165) is 17.7 Å². The average molecular weight is 372 g/mol. The van der Waals surface area contributed by atoms with Crippen LogP contribution in [-0.2, 0) is 12.7 Å². The van der Waals surface area contributed by atoms with Gasteiger partial charge in [0.15, 0.2) is 5.78 Å². The van der Waals surface area contributed by atoms with Gasteiger partial charge in [-0.3, -0.25) is 4.79 Å². The summed E-state index contributed by atoms with van der Waals surface area (Å²) >= 11 is 0. The van der Waals surface area contributed by atoms with Crippen LogP contribution in [0.3, 0.4) is 0 Å². The monoisotopic (exact) mass is 372 g/mol. The zero-order valence-corrected chi connectivity index (χ0v) is 14.4. The van der Waals surface area contributed by atoms with Crippen LogP contribution in [0, 0.1) is 0 Å². The second kappa shape index (κ2) is 6.26. The Kier molecular flexibility index (Phi) is 4.02. The van der Waals surface area contributed by atoms with Gasteiger partial charge in [-0.15, -0.1) is 0 Å².